The van der Waals surface area contributed by atoms with Crippen molar-refractivity contribution in [2.75, 3.05) is 45.2 Å². The number of sulfonamides is 2. The van der Waals surface area contributed by atoms with E-state index in [0.717, 1.165) is 9.87 Å². The molecule has 11 heteroatoms. The number of aryl methyl sites for hydroxylation is 1. The van der Waals surface area contributed by atoms with E-state index in [2.05, 4.69) is 5.32 Å². The minimum absolute atomic E-state index is 0.00545. The average Bonchev–Trinajstić information content (AvgIpc) is 2.78. The Labute approximate surface area is 196 Å². The third kappa shape index (κ3) is 6.61. The summed E-state index contributed by atoms with van der Waals surface area (Å²) in [5, 5.41) is 2.72. The van der Waals surface area contributed by atoms with Crippen LogP contribution < -0.4 is 5.32 Å². The number of hydrogen-bond acceptors (Lipinski definition) is 6. The first-order valence-corrected chi connectivity index (χ1v) is 13.4. The summed E-state index contributed by atoms with van der Waals surface area (Å²) in [7, 11) is -6.36. The van der Waals surface area contributed by atoms with Gasteiger partial charge in [-0.25, -0.2) is 16.8 Å². The van der Waals surface area contributed by atoms with Gasteiger partial charge in [0.1, 0.15) is 0 Å². The highest BCUT2D eigenvalue weighted by Crippen LogP contribution is 2.21. The molecule has 0 aliphatic rings. The molecule has 0 heterocycles. The molecule has 1 amide bonds. The summed E-state index contributed by atoms with van der Waals surface area (Å²) in [4.78, 5) is 12.5. The molecule has 0 atom stereocenters. The Balaban J connectivity index is 2.28. The molecule has 2 aromatic carbocycles. The highest BCUT2D eigenvalue weighted by molar-refractivity contribution is 7.89. The van der Waals surface area contributed by atoms with Gasteiger partial charge in [0.15, 0.2) is 0 Å². The van der Waals surface area contributed by atoms with E-state index < -0.39 is 32.5 Å². The zero-order valence-corrected chi connectivity index (χ0v) is 20.9. The summed E-state index contributed by atoms with van der Waals surface area (Å²) in [6.45, 7) is 5.54. The van der Waals surface area contributed by atoms with Crippen LogP contribution >= 0.6 is 0 Å². The SMILES string of the molecule is CCN(CC)S(=O)(=O)c1ccc(S(=O)(=O)N(CCOC)CC(=O)Nc2ccccc2C)cc1. The van der Waals surface area contributed by atoms with Crippen LogP contribution in [0, 0.1) is 6.92 Å². The third-order valence-electron chi connectivity index (χ3n) is 5.09. The quantitative estimate of drug-likeness (QED) is 0.481. The molecule has 0 saturated heterocycles. The number of nitrogens with one attached hydrogen (secondary N) is 1. The van der Waals surface area contributed by atoms with E-state index in [1.807, 2.05) is 19.1 Å². The van der Waals surface area contributed by atoms with E-state index in [0.29, 0.717) is 18.8 Å². The molecule has 182 valence electrons. The largest absolute Gasteiger partial charge is 0.383 e. The third-order valence-corrected chi connectivity index (χ3v) is 9.01. The Hall–Kier alpha value is -2.31. The summed E-state index contributed by atoms with van der Waals surface area (Å²) < 4.78 is 59.1. The van der Waals surface area contributed by atoms with E-state index in [9.17, 15) is 21.6 Å². The lowest BCUT2D eigenvalue weighted by molar-refractivity contribution is -0.116. The average molecular weight is 498 g/mol. The molecule has 0 spiro atoms. The first-order chi connectivity index (χ1) is 15.6. The van der Waals surface area contributed by atoms with Gasteiger partial charge in [0.2, 0.25) is 26.0 Å². The summed E-state index contributed by atoms with van der Waals surface area (Å²) >= 11 is 0. The number of nitrogens with zero attached hydrogens (tertiary/aromatic N) is 2. The maximum atomic E-state index is 13.2. The first-order valence-electron chi connectivity index (χ1n) is 10.5. The highest BCUT2D eigenvalue weighted by atomic mass is 32.2. The van der Waals surface area contributed by atoms with Crippen LogP contribution in [0.15, 0.2) is 58.3 Å². The number of anilines is 1. The lowest BCUT2D eigenvalue weighted by atomic mass is 10.2. The van der Waals surface area contributed by atoms with Gasteiger partial charge in [-0.15, -0.1) is 0 Å². The van der Waals surface area contributed by atoms with Crippen molar-refractivity contribution in [1.29, 1.82) is 0 Å². The molecular formula is C22H31N3O6S2. The molecule has 1 N–H and O–H groups in total. The van der Waals surface area contributed by atoms with Crippen molar-refractivity contribution in [2.45, 2.75) is 30.6 Å². The maximum absolute atomic E-state index is 13.2. The standard InChI is InChI=1S/C22H31N3O6S2/c1-5-24(6-2)32(27,28)19-11-13-20(14-12-19)33(29,30)25(15-16-31-4)17-22(26)23-21-10-8-7-9-18(21)3/h7-14H,5-6,15-17H2,1-4H3,(H,23,26). The molecule has 2 rings (SSSR count). The van der Waals surface area contributed by atoms with Gasteiger partial charge in [0.05, 0.1) is 22.9 Å². The van der Waals surface area contributed by atoms with Crippen LogP contribution in [0.5, 0.6) is 0 Å². The van der Waals surface area contributed by atoms with E-state index >= 15 is 0 Å². The lowest BCUT2D eigenvalue weighted by Gasteiger charge is -2.22. The molecular weight excluding hydrogens is 466 g/mol. The van der Waals surface area contributed by atoms with Gasteiger partial charge in [0.25, 0.3) is 0 Å². The van der Waals surface area contributed by atoms with Crippen LogP contribution in [0.2, 0.25) is 0 Å². The van der Waals surface area contributed by atoms with Gasteiger partial charge < -0.3 is 10.1 Å². The number of methoxy groups -OCH3 is 1. The monoisotopic (exact) mass is 497 g/mol. The van der Waals surface area contributed by atoms with Gasteiger partial charge in [-0.3, -0.25) is 4.79 Å². The van der Waals surface area contributed by atoms with Gasteiger partial charge in [-0.2, -0.15) is 8.61 Å². The first kappa shape index (κ1) is 26.9. The molecule has 0 aliphatic heterocycles. The molecule has 33 heavy (non-hydrogen) atoms. The van der Waals surface area contributed by atoms with E-state index in [-0.39, 0.29) is 22.9 Å². The van der Waals surface area contributed by atoms with E-state index in [1.54, 1.807) is 26.0 Å². The van der Waals surface area contributed by atoms with Gasteiger partial charge in [-0.05, 0) is 42.8 Å². The number of para-hydroxylation sites is 1. The highest BCUT2D eigenvalue weighted by Gasteiger charge is 2.28. The summed E-state index contributed by atoms with van der Waals surface area (Å²) in [5.74, 6) is -0.496. The fraction of sp³-hybridized carbons (Fsp3) is 0.409. The number of benzene rings is 2. The van der Waals surface area contributed by atoms with E-state index in [1.165, 1.54) is 35.7 Å². The molecule has 0 radical (unpaired) electrons. The predicted molar refractivity (Wildman–Crippen MR) is 127 cm³/mol. The second-order valence-electron chi connectivity index (χ2n) is 7.26. The Bertz CT molecular complexity index is 1140. The van der Waals surface area contributed by atoms with Crippen molar-refractivity contribution in [2.24, 2.45) is 0 Å². The van der Waals surface area contributed by atoms with Crippen molar-refractivity contribution in [3.8, 4) is 0 Å². The molecule has 0 unspecified atom stereocenters. The summed E-state index contributed by atoms with van der Waals surface area (Å²) in [5.41, 5.74) is 1.44. The van der Waals surface area contributed by atoms with Crippen LogP contribution in [0.1, 0.15) is 19.4 Å². The van der Waals surface area contributed by atoms with Gasteiger partial charge >= 0.3 is 0 Å². The minimum Gasteiger partial charge on any atom is -0.383 e. The van der Waals surface area contributed by atoms with Gasteiger partial charge in [0, 0.05) is 32.4 Å². The van der Waals surface area contributed by atoms with Crippen molar-refractivity contribution in [3.63, 3.8) is 0 Å². The molecule has 0 fully saturated rings. The number of carbonyl (C=O) groups excluding carboxylic acids is 1. The number of carbonyl (C=O) groups is 1. The molecule has 0 saturated carbocycles. The number of amides is 1. The van der Waals surface area contributed by atoms with Crippen LogP contribution in [-0.2, 0) is 29.6 Å². The Morgan fingerprint density at radius 2 is 1.39 bits per heavy atom. The van der Waals surface area contributed by atoms with Crippen LogP contribution in [0.25, 0.3) is 0 Å². The number of ether oxygens (including phenoxy) is 1. The predicted octanol–water partition coefficient (Wildman–Crippen LogP) is 2.30. The zero-order chi connectivity index (χ0) is 24.6. The number of rotatable bonds is 12. The maximum Gasteiger partial charge on any atom is 0.243 e. The second-order valence-corrected chi connectivity index (χ2v) is 11.1. The Kier molecular flexibility index (Phi) is 9.56. The van der Waals surface area contributed by atoms with Crippen molar-refractivity contribution < 1.29 is 26.4 Å². The van der Waals surface area contributed by atoms with Gasteiger partial charge in [-0.1, -0.05) is 32.0 Å². The minimum atomic E-state index is -4.08. The Morgan fingerprint density at radius 3 is 1.88 bits per heavy atom. The number of hydrogen-bond donors (Lipinski definition) is 1. The molecule has 0 aromatic heterocycles. The molecule has 0 bridgehead atoms. The van der Waals surface area contributed by atoms with Crippen molar-refractivity contribution >= 4 is 31.6 Å². The Morgan fingerprint density at radius 1 is 0.879 bits per heavy atom. The fourth-order valence-corrected chi connectivity index (χ4v) is 6.02. The summed E-state index contributed by atoms with van der Waals surface area (Å²) in [6, 6.07) is 12.2. The van der Waals surface area contributed by atoms with Crippen LogP contribution in [0.3, 0.4) is 0 Å². The molecule has 0 aliphatic carbocycles. The van der Waals surface area contributed by atoms with E-state index in [4.69, 9.17) is 4.74 Å². The lowest BCUT2D eigenvalue weighted by Crippen LogP contribution is -2.40. The smallest absolute Gasteiger partial charge is 0.243 e. The van der Waals surface area contributed by atoms with Crippen LogP contribution in [0.4, 0.5) is 5.69 Å². The topological polar surface area (TPSA) is 113 Å². The molecule has 9 nitrogen and oxygen atoms in total. The summed E-state index contributed by atoms with van der Waals surface area (Å²) in [6.07, 6.45) is 0. The second kappa shape index (κ2) is 11.7. The van der Waals surface area contributed by atoms with Crippen molar-refractivity contribution in [3.05, 3.63) is 54.1 Å². The normalized spacial score (nSPS) is 12.3. The van der Waals surface area contributed by atoms with Crippen molar-refractivity contribution in [1.82, 2.24) is 8.61 Å². The fourth-order valence-electron chi connectivity index (χ4n) is 3.19. The molecule has 2 aromatic rings. The zero-order valence-electron chi connectivity index (χ0n) is 19.3. The van der Waals surface area contributed by atoms with Crippen LogP contribution in [-0.4, -0.2) is 71.2 Å².